The number of aromatic nitrogens is 4. The summed E-state index contributed by atoms with van der Waals surface area (Å²) >= 11 is -1.49. The summed E-state index contributed by atoms with van der Waals surface area (Å²) in [6.45, 7) is 7.53. The summed E-state index contributed by atoms with van der Waals surface area (Å²) in [4.78, 5) is 20.1. The van der Waals surface area contributed by atoms with Gasteiger partial charge in [0, 0.05) is 36.8 Å². The van der Waals surface area contributed by atoms with Crippen LogP contribution in [-0.4, -0.2) is 49.1 Å². The van der Waals surface area contributed by atoms with E-state index in [9.17, 15) is 4.55 Å². The van der Waals surface area contributed by atoms with E-state index in [2.05, 4.69) is 56.6 Å². The lowest BCUT2D eigenvalue weighted by Gasteiger charge is -2.38. The fourth-order valence-corrected chi connectivity index (χ4v) is 6.70. The predicted octanol–water partition coefficient (Wildman–Crippen LogP) is 5.08. The summed E-state index contributed by atoms with van der Waals surface area (Å²) in [5.41, 5.74) is 6.30. The van der Waals surface area contributed by atoms with Gasteiger partial charge >= 0.3 is 0 Å². The van der Waals surface area contributed by atoms with E-state index in [4.69, 9.17) is 9.72 Å². The van der Waals surface area contributed by atoms with Crippen LogP contribution in [0.1, 0.15) is 35.2 Å². The Morgan fingerprint density at radius 1 is 1.05 bits per heavy atom. The number of ether oxygens (including phenoxy) is 1. The van der Waals surface area contributed by atoms with E-state index in [1.807, 2.05) is 36.5 Å². The molecule has 0 spiro atoms. The number of piperidine rings is 1. The van der Waals surface area contributed by atoms with Crippen LogP contribution in [0.15, 0.2) is 66.0 Å². The Labute approximate surface area is 232 Å². The fraction of sp³-hybridized carbons (Fsp3) is 0.367. The van der Waals surface area contributed by atoms with Crippen LogP contribution in [-0.2, 0) is 24.3 Å². The molecular weight excluding hydrogens is 508 g/mol. The van der Waals surface area contributed by atoms with Crippen molar-refractivity contribution < 1.29 is 9.29 Å². The lowest BCUT2D eigenvalue weighted by molar-refractivity contribution is 0.0701. The van der Waals surface area contributed by atoms with Crippen LogP contribution < -0.4 is 9.46 Å². The van der Waals surface area contributed by atoms with Gasteiger partial charge in [-0.3, -0.25) is 4.90 Å². The summed E-state index contributed by atoms with van der Waals surface area (Å²) in [5.74, 6) is 1.67. The Hall–Kier alpha value is -3.40. The minimum atomic E-state index is -1.49. The maximum absolute atomic E-state index is 13.3. The number of rotatable bonds is 3. The molecule has 1 saturated heterocycles. The fourth-order valence-electron chi connectivity index (χ4n) is 5.87. The number of hydrogen-bond acceptors (Lipinski definition) is 7. The normalized spacial score (nSPS) is 21.8. The standard InChI is InChI=1S/C30H34N6O2S/c1-20-5-3-6-21(2)29(20)27-14-28-34-30(33-27)35-39(37)26-8-4-7-22(13-26)9-10-23-11-12-36(16-24(23)18-38-28)17-25-15-31-19-32-25/h3-8,13-15,19,23-24H,9-12,16-18H2,1-2H3,(H,31,32)(H,33,34,35)/t23?,24-,39?/m1/s1. The third-order valence-corrected chi connectivity index (χ3v) is 8.95. The number of fused-ring (bicyclic) bond motifs is 5. The lowest BCUT2D eigenvalue weighted by Crippen LogP contribution is -2.42. The second-order valence-electron chi connectivity index (χ2n) is 10.7. The molecule has 2 aliphatic heterocycles. The minimum Gasteiger partial charge on any atom is -0.588 e. The molecule has 2 aliphatic rings. The van der Waals surface area contributed by atoms with E-state index in [0.29, 0.717) is 30.3 Å². The van der Waals surface area contributed by atoms with Gasteiger partial charge in [-0.15, -0.1) is 0 Å². The molecule has 4 aromatic rings. The van der Waals surface area contributed by atoms with Gasteiger partial charge in [-0.1, -0.05) is 30.3 Å². The van der Waals surface area contributed by atoms with E-state index >= 15 is 0 Å². The average molecular weight is 543 g/mol. The third-order valence-electron chi connectivity index (χ3n) is 7.90. The van der Waals surface area contributed by atoms with Crippen molar-refractivity contribution in [2.45, 2.75) is 44.6 Å². The monoisotopic (exact) mass is 542 g/mol. The van der Waals surface area contributed by atoms with Crippen molar-refractivity contribution in [3.05, 3.63) is 83.4 Å². The van der Waals surface area contributed by atoms with Gasteiger partial charge < -0.3 is 14.3 Å². The molecule has 4 bridgehead atoms. The van der Waals surface area contributed by atoms with E-state index in [-0.39, 0.29) is 0 Å². The number of imidazole rings is 1. The van der Waals surface area contributed by atoms with E-state index in [1.54, 1.807) is 6.33 Å². The molecule has 9 heteroatoms. The molecule has 202 valence electrons. The number of anilines is 1. The highest BCUT2D eigenvalue weighted by molar-refractivity contribution is 7.92. The molecule has 1 fully saturated rings. The highest BCUT2D eigenvalue weighted by Crippen LogP contribution is 2.33. The molecule has 2 unspecified atom stereocenters. The first-order chi connectivity index (χ1) is 19.0. The van der Waals surface area contributed by atoms with Gasteiger partial charge in [-0.25, -0.2) is 9.97 Å². The Balaban J connectivity index is 1.34. The highest BCUT2D eigenvalue weighted by atomic mass is 32.2. The van der Waals surface area contributed by atoms with Crippen molar-refractivity contribution in [2.75, 3.05) is 24.4 Å². The third kappa shape index (κ3) is 5.95. The van der Waals surface area contributed by atoms with Crippen LogP contribution in [0.4, 0.5) is 5.95 Å². The van der Waals surface area contributed by atoms with Gasteiger partial charge in [0.25, 0.3) is 5.95 Å². The summed E-state index contributed by atoms with van der Waals surface area (Å²) in [5, 5.41) is 0. The van der Waals surface area contributed by atoms with Gasteiger partial charge in [0.15, 0.2) is 4.90 Å². The number of likely N-dealkylation sites (tertiary alicyclic amines) is 1. The number of H-pyrrole nitrogens is 1. The van der Waals surface area contributed by atoms with E-state index in [0.717, 1.165) is 71.9 Å². The van der Waals surface area contributed by atoms with Crippen molar-refractivity contribution in [1.29, 1.82) is 0 Å². The van der Waals surface area contributed by atoms with Gasteiger partial charge in [-0.05, 0) is 74.4 Å². The second kappa shape index (κ2) is 11.4. The van der Waals surface area contributed by atoms with Crippen molar-refractivity contribution >= 4 is 17.3 Å². The molecule has 4 heterocycles. The van der Waals surface area contributed by atoms with Crippen LogP contribution in [0.25, 0.3) is 11.3 Å². The molecule has 2 aromatic heterocycles. The Kier molecular flexibility index (Phi) is 7.54. The minimum absolute atomic E-state index is 0.298. The van der Waals surface area contributed by atoms with Gasteiger partial charge in [-0.2, -0.15) is 9.71 Å². The first-order valence-corrected chi connectivity index (χ1v) is 14.7. The van der Waals surface area contributed by atoms with Crippen LogP contribution in [0.5, 0.6) is 5.88 Å². The average Bonchev–Trinajstić information content (AvgIpc) is 3.44. The van der Waals surface area contributed by atoms with Crippen molar-refractivity contribution in [2.24, 2.45) is 11.8 Å². The molecule has 6 rings (SSSR count). The molecule has 3 atom stereocenters. The smallest absolute Gasteiger partial charge is 0.269 e. The van der Waals surface area contributed by atoms with Crippen molar-refractivity contribution in [3.8, 4) is 17.1 Å². The largest absolute Gasteiger partial charge is 0.588 e. The molecule has 2 aromatic carbocycles. The van der Waals surface area contributed by atoms with E-state index < -0.39 is 11.4 Å². The van der Waals surface area contributed by atoms with Crippen LogP contribution in [0.2, 0.25) is 0 Å². The number of nitrogens with zero attached hydrogens (tertiary/aromatic N) is 4. The zero-order valence-corrected chi connectivity index (χ0v) is 23.2. The number of benzene rings is 2. The maximum atomic E-state index is 13.3. The second-order valence-corrected chi connectivity index (χ2v) is 11.9. The summed E-state index contributed by atoms with van der Waals surface area (Å²) in [6.07, 6.45) is 6.83. The van der Waals surface area contributed by atoms with Crippen LogP contribution in [0, 0.1) is 25.7 Å². The molecule has 8 nitrogen and oxygen atoms in total. The zero-order chi connectivity index (χ0) is 26.8. The topological polar surface area (TPSA) is 102 Å². The molecule has 0 radical (unpaired) electrons. The Morgan fingerprint density at radius 3 is 2.72 bits per heavy atom. The van der Waals surface area contributed by atoms with Crippen LogP contribution in [0.3, 0.4) is 0 Å². The van der Waals surface area contributed by atoms with Crippen molar-refractivity contribution in [3.63, 3.8) is 0 Å². The maximum Gasteiger partial charge on any atom is 0.269 e. The molecule has 39 heavy (non-hydrogen) atoms. The Bertz CT molecular complexity index is 1410. The predicted molar refractivity (Wildman–Crippen MR) is 153 cm³/mol. The number of aromatic amines is 1. The molecule has 0 saturated carbocycles. The van der Waals surface area contributed by atoms with Gasteiger partial charge in [0.1, 0.15) is 11.4 Å². The lowest BCUT2D eigenvalue weighted by atomic mass is 9.82. The first kappa shape index (κ1) is 25.9. The van der Waals surface area contributed by atoms with E-state index in [1.165, 1.54) is 5.56 Å². The van der Waals surface area contributed by atoms with Crippen molar-refractivity contribution in [1.82, 2.24) is 24.8 Å². The van der Waals surface area contributed by atoms with Crippen LogP contribution >= 0.6 is 0 Å². The summed E-state index contributed by atoms with van der Waals surface area (Å²) in [7, 11) is 0. The quantitative estimate of drug-likeness (QED) is 0.348. The van der Waals surface area contributed by atoms with Gasteiger partial charge in [0.05, 0.1) is 24.3 Å². The number of hydrogen-bond donors (Lipinski definition) is 2. The zero-order valence-electron chi connectivity index (χ0n) is 22.4. The Morgan fingerprint density at radius 2 is 1.90 bits per heavy atom. The SMILES string of the molecule is Cc1cccc(C)c1-c1cc2nc(n1)N[S+]([O-])c1cccc(c1)CCC1CCN(Cc3c[nH]cn3)C[C@@H]1CO2. The molecular formula is C30H34N6O2S. The first-order valence-electron chi connectivity index (χ1n) is 13.6. The molecule has 2 N–H and O–H groups in total. The summed E-state index contributed by atoms with van der Waals surface area (Å²) in [6, 6.07) is 16.2. The van der Waals surface area contributed by atoms with Gasteiger partial charge in [0.2, 0.25) is 5.88 Å². The number of aryl methyl sites for hydroxylation is 3. The molecule has 0 amide bonds. The molecule has 0 aliphatic carbocycles. The number of nitrogens with one attached hydrogen (secondary N) is 2. The summed E-state index contributed by atoms with van der Waals surface area (Å²) < 4.78 is 22.8. The highest BCUT2D eigenvalue weighted by Gasteiger charge is 2.31.